The number of para-hydroxylation sites is 1. The Labute approximate surface area is 191 Å². The van der Waals surface area contributed by atoms with Gasteiger partial charge in [0.25, 0.3) is 0 Å². The number of methoxy groups -OCH3 is 1. The number of piperazine rings is 1. The number of sulfonamides is 1. The van der Waals surface area contributed by atoms with Crippen LogP contribution in [-0.2, 0) is 17.1 Å². The lowest BCUT2D eigenvalue weighted by atomic mass is 10.1. The fraction of sp³-hybridized carbons (Fsp3) is 0.261. The normalized spacial score (nSPS) is 15.4. The van der Waals surface area contributed by atoms with Gasteiger partial charge in [0.1, 0.15) is 5.75 Å². The van der Waals surface area contributed by atoms with Gasteiger partial charge in [0.15, 0.2) is 5.13 Å². The van der Waals surface area contributed by atoms with Crippen molar-refractivity contribution >= 4 is 37.4 Å². The second kappa shape index (κ2) is 8.23. The zero-order chi connectivity index (χ0) is 22.3. The van der Waals surface area contributed by atoms with Crippen LogP contribution in [0.3, 0.4) is 0 Å². The van der Waals surface area contributed by atoms with E-state index in [1.165, 1.54) is 0 Å². The Balaban J connectivity index is 1.34. The number of benzene rings is 2. The molecule has 1 aliphatic heterocycles. The molecule has 0 bridgehead atoms. The van der Waals surface area contributed by atoms with E-state index in [1.54, 1.807) is 34.9 Å². The number of aromatic nitrogens is 2. The molecule has 3 heterocycles. The summed E-state index contributed by atoms with van der Waals surface area (Å²) in [5.74, 6) is 0.787. The molecule has 0 radical (unpaired) electrons. The zero-order valence-electron chi connectivity index (χ0n) is 17.9. The van der Waals surface area contributed by atoms with Gasteiger partial charge in [0, 0.05) is 61.3 Å². The van der Waals surface area contributed by atoms with E-state index in [0.717, 1.165) is 33.0 Å². The van der Waals surface area contributed by atoms with Gasteiger partial charge < -0.3 is 14.2 Å². The first-order valence-corrected chi connectivity index (χ1v) is 12.7. The topological polar surface area (TPSA) is 67.7 Å². The minimum atomic E-state index is -3.57. The van der Waals surface area contributed by atoms with Crippen molar-refractivity contribution in [1.82, 2.24) is 13.9 Å². The molecule has 32 heavy (non-hydrogen) atoms. The van der Waals surface area contributed by atoms with Crippen molar-refractivity contribution in [2.75, 3.05) is 38.2 Å². The lowest BCUT2D eigenvalue weighted by molar-refractivity contribution is 0.385. The van der Waals surface area contributed by atoms with E-state index in [9.17, 15) is 8.42 Å². The first-order chi connectivity index (χ1) is 15.5. The molecule has 2 aromatic carbocycles. The van der Waals surface area contributed by atoms with Crippen molar-refractivity contribution < 1.29 is 13.2 Å². The van der Waals surface area contributed by atoms with Crippen LogP contribution >= 0.6 is 11.3 Å². The molecule has 0 spiro atoms. The quantitative estimate of drug-likeness (QED) is 0.445. The minimum absolute atomic E-state index is 0.372. The van der Waals surface area contributed by atoms with Crippen molar-refractivity contribution in [3.8, 4) is 17.0 Å². The van der Waals surface area contributed by atoms with Crippen LogP contribution < -0.4 is 9.64 Å². The van der Waals surface area contributed by atoms with Crippen LogP contribution in [-0.4, -0.2) is 55.6 Å². The summed E-state index contributed by atoms with van der Waals surface area (Å²) in [6.07, 6.45) is 1.89. The Bertz CT molecular complexity index is 1370. The van der Waals surface area contributed by atoms with E-state index >= 15 is 0 Å². The van der Waals surface area contributed by atoms with E-state index in [4.69, 9.17) is 9.72 Å². The van der Waals surface area contributed by atoms with Crippen LogP contribution in [0.2, 0.25) is 0 Å². The van der Waals surface area contributed by atoms with Gasteiger partial charge in [-0.15, -0.1) is 11.3 Å². The van der Waals surface area contributed by atoms with E-state index in [-0.39, 0.29) is 0 Å². The van der Waals surface area contributed by atoms with Gasteiger partial charge in [-0.2, -0.15) is 4.31 Å². The first kappa shape index (κ1) is 21.0. The number of aryl methyl sites for hydroxylation is 1. The third-order valence-electron chi connectivity index (χ3n) is 5.89. The van der Waals surface area contributed by atoms with Gasteiger partial charge in [0.2, 0.25) is 10.0 Å². The molecule has 0 amide bonds. The fourth-order valence-electron chi connectivity index (χ4n) is 4.15. The van der Waals surface area contributed by atoms with Gasteiger partial charge in [-0.3, -0.25) is 0 Å². The number of ether oxygens (including phenoxy) is 1. The molecule has 9 heteroatoms. The average molecular weight is 469 g/mol. The van der Waals surface area contributed by atoms with Crippen molar-refractivity contribution in [3.63, 3.8) is 0 Å². The molecule has 1 fully saturated rings. The summed E-state index contributed by atoms with van der Waals surface area (Å²) in [5, 5.41) is 3.68. The van der Waals surface area contributed by atoms with Gasteiger partial charge in [-0.05, 0) is 30.3 Å². The summed E-state index contributed by atoms with van der Waals surface area (Å²) in [6, 6.07) is 15.1. The lowest BCUT2D eigenvalue weighted by Gasteiger charge is -2.33. The Morgan fingerprint density at radius 1 is 1.00 bits per heavy atom. The van der Waals surface area contributed by atoms with Crippen LogP contribution in [0.25, 0.3) is 22.2 Å². The zero-order valence-corrected chi connectivity index (χ0v) is 19.6. The van der Waals surface area contributed by atoms with E-state index in [2.05, 4.69) is 4.90 Å². The molecule has 4 aromatic rings. The Hall–Kier alpha value is -2.88. The second-order valence-electron chi connectivity index (χ2n) is 7.72. The molecule has 0 unspecified atom stereocenters. The molecule has 0 aliphatic carbocycles. The van der Waals surface area contributed by atoms with E-state index in [0.29, 0.717) is 31.1 Å². The van der Waals surface area contributed by atoms with Crippen LogP contribution in [0, 0.1) is 0 Å². The third kappa shape index (κ3) is 3.56. The molecule has 0 atom stereocenters. The smallest absolute Gasteiger partial charge is 0.243 e. The van der Waals surface area contributed by atoms with Crippen LogP contribution in [0.5, 0.6) is 5.75 Å². The first-order valence-electron chi connectivity index (χ1n) is 10.4. The maximum absolute atomic E-state index is 13.4. The molecule has 0 saturated carbocycles. The summed E-state index contributed by atoms with van der Waals surface area (Å²) in [4.78, 5) is 7.32. The van der Waals surface area contributed by atoms with Gasteiger partial charge in [-0.1, -0.05) is 18.2 Å². The number of anilines is 1. The van der Waals surface area contributed by atoms with Crippen LogP contribution in [0.15, 0.2) is 65.0 Å². The monoisotopic (exact) mass is 468 g/mol. The van der Waals surface area contributed by atoms with Crippen LogP contribution in [0.1, 0.15) is 0 Å². The molecule has 7 nitrogen and oxygen atoms in total. The number of rotatable bonds is 5. The Kier molecular flexibility index (Phi) is 5.40. The summed E-state index contributed by atoms with van der Waals surface area (Å²) in [7, 11) is 0.00803. The largest absolute Gasteiger partial charge is 0.496 e. The highest BCUT2D eigenvalue weighted by Gasteiger charge is 2.31. The molecule has 1 aliphatic rings. The number of hydrogen-bond acceptors (Lipinski definition) is 6. The Morgan fingerprint density at radius 2 is 1.78 bits per heavy atom. The second-order valence-corrected chi connectivity index (χ2v) is 10.5. The summed E-state index contributed by atoms with van der Waals surface area (Å²) < 4.78 is 35.7. The maximum atomic E-state index is 13.4. The SMILES string of the molecule is COc1ccccc1-c1csc(N2CCN(S(=O)(=O)c3cccc4c3ccn4C)CC2)n1. The van der Waals surface area contributed by atoms with E-state index < -0.39 is 10.0 Å². The number of fused-ring (bicyclic) bond motifs is 1. The van der Waals surface area contributed by atoms with Crippen LogP contribution in [0.4, 0.5) is 5.13 Å². The molecule has 166 valence electrons. The van der Waals surface area contributed by atoms with E-state index in [1.807, 2.05) is 59.6 Å². The summed E-state index contributed by atoms with van der Waals surface area (Å²) >= 11 is 1.57. The predicted molar refractivity (Wildman–Crippen MR) is 128 cm³/mol. The third-order valence-corrected chi connectivity index (χ3v) is 8.75. The van der Waals surface area contributed by atoms with Crippen molar-refractivity contribution in [1.29, 1.82) is 0 Å². The predicted octanol–water partition coefficient (Wildman–Crippen LogP) is 3.82. The highest BCUT2D eigenvalue weighted by Crippen LogP contribution is 2.34. The highest BCUT2D eigenvalue weighted by molar-refractivity contribution is 7.89. The van der Waals surface area contributed by atoms with Gasteiger partial charge in [0.05, 0.1) is 17.7 Å². The van der Waals surface area contributed by atoms with Crippen molar-refractivity contribution in [2.24, 2.45) is 7.05 Å². The number of nitrogens with zero attached hydrogens (tertiary/aromatic N) is 4. The molecule has 0 N–H and O–H groups in total. The Morgan fingerprint density at radius 3 is 2.56 bits per heavy atom. The van der Waals surface area contributed by atoms with Gasteiger partial charge in [-0.25, -0.2) is 13.4 Å². The fourth-order valence-corrected chi connectivity index (χ4v) is 6.65. The average Bonchev–Trinajstić information content (AvgIpc) is 3.46. The summed E-state index contributed by atoms with van der Waals surface area (Å²) in [6.45, 7) is 2.05. The highest BCUT2D eigenvalue weighted by atomic mass is 32.2. The minimum Gasteiger partial charge on any atom is -0.496 e. The number of hydrogen-bond donors (Lipinski definition) is 0. The van der Waals surface area contributed by atoms with Crippen molar-refractivity contribution in [3.05, 3.63) is 60.1 Å². The standard InChI is InChI=1S/C23H24N4O3S2/c1-25-11-10-18-20(25)7-5-9-22(18)32(28,29)27-14-12-26(13-15-27)23-24-19(16-31-23)17-6-3-4-8-21(17)30-2/h3-11,16H,12-15H2,1-2H3. The summed E-state index contributed by atoms with van der Waals surface area (Å²) in [5.41, 5.74) is 2.74. The van der Waals surface area contributed by atoms with Crippen molar-refractivity contribution in [2.45, 2.75) is 4.90 Å². The molecule has 1 saturated heterocycles. The molecular weight excluding hydrogens is 444 g/mol. The molecule has 5 rings (SSSR count). The molecule has 2 aromatic heterocycles. The van der Waals surface area contributed by atoms with Gasteiger partial charge >= 0.3 is 0 Å². The maximum Gasteiger partial charge on any atom is 0.243 e. The number of thiazole rings is 1. The lowest BCUT2D eigenvalue weighted by Crippen LogP contribution is -2.48. The molecular formula is C23H24N4O3S2.